The van der Waals surface area contributed by atoms with Gasteiger partial charge in [0, 0.05) is 12.2 Å². The van der Waals surface area contributed by atoms with Crippen LogP contribution in [0.25, 0.3) is 0 Å². The van der Waals surface area contributed by atoms with Gasteiger partial charge in [-0.2, -0.15) is 0 Å². The molecular formula is C13H17N3O3S. The number of sulfonamides is 1. The zero-order chi connectivity index (χ0) is 14.9. The summed E-state index contributed by atoms with van der Waals surface area (Å²) in [5.74, 6) is 0.282. The number of nitrogen functional groups attached to an aromatic ring is 1. The molecule has 0 unspecified atom stereocenters. The minimum Gasteiger partial charge on any atom is -0.399 e. The summed E-state index contributed by atoms with van der Waals surface area (Å²) in [5, 5.41) is 3.70. The van der Waals surface area contributed by atoms with Gasteiger partial charge in [-0.05, 0) is 39.0 Å². The van der Waals surface area contributed by atoms with Crippen LogP contribution in [0.5, 0.6) is 0 Å². The van der Waals surface area contributed by atoms with E-state index in [0.29, 0.717) is 17.1 Å². The molecule has 0 aliphatic rings. The van der Waals surface area contributed by atoms with Crippen molar-refractivity contribution in [1.82, 2.24) is 5.16 Å². The molecule has 0 saturated carbocycles. The quantitative estimate of drug-likeness (QED) is 0.872. The molecule has 0 saturated heterocycles. The van der Waals surface area contributed by atoms with E-state index in [1.807, 2.05) is 0 Å². The Bertz CT molecular complexity index is 703. The van der Waals surface area contributed by atoms with E-state index in [2.05, 4.69) is 5.16 Å². The third kappa shape index (κ3) is 2.36. The minimum absolute atomic E-state index is 0.113. The maximum absolute atomic E-state index is 12.8. The smallest absolute Gasteiger partial charge is 0.269 e. The van der Waals surface area contributed by atoms with Crippen LogP contribution >= 0.6 is 0 Å². The standard InChI is InChI=1S/C13H17N3O3S/c1-4-16(12-7-5-6-11(14)8-12)20(17,18)13-9(2)15-19-10(13)3/h5-8H,4,14H2,1-3H3. The predicted molar refractivity (Wildman–Crippen MR) is 77.0 cm³/mol. The summed E-state index contributed by atoms with van der Waals surface area (Å²) < 4.78 is 31.8. The molecular weight excluding hydrogens is 278 g/mol. The van der Waals surface area contributed by atoms with Crippen molar-refractivity contribution in [3.8, 4) is 0 Å². The van der Waals surface area contributed by atoms with Crippen molar-refractivity contribution in [2.45, 2.75) is 25.7 Å². The first-order valence-electron chi connectivity index (χ1n) is 6.19. The molecule has 0 fully saturated rings. The number of hydrogen-bond acceptors (Lipinski definition) is 5. The fraction of sp³-hybridized carbons (Fsp3) is 0.308. The highest BCUT2D eigenvalue weighted by Crippen LogP contribution is 2.28. The van der Waals surface area contributed by atoms with Gasteiger partial charge >= 0.3 is 0 Å². The molecule has 2 N–H and O–H groups in total. The second-order valence-corrected chi connectivity index (χ2v) is 6.22. The number of nitrogens with two attached hydrogens (primary N) is 1. The third-order valence-corrected chi connectivity index (χ3v) is 5.11. The van der Waals surface area contributed by atoms with Gasteiger partial charge in [-0.1, -0.05) is 11.2 Å². The van der Waals surface area contributed by atoms with Crippen LogP contribution in [0, 0.1) is 13.8 Å². The van der Waals surface area contributed by atoms with Gasteiger partial charge in [0.15, 0.2) is 10.7 Å². The van der Waals surface area contributed by atoms with Crippen LogP contribution in [0.3, 0.4) is 0 Å². The van der Waals surface area contributed by atoms with Crippen LogP contribution in [-0.4, -0.2) is 20.1 Å². The van der Waals surface area contributed by atoms with E-state index in [1.165, 1.54) is 4.31 Å². The molecule has 1 aromatic carbocycles. The molecule has 0 bridgehead atoms. The molecule has 108 valence electrons. The highest BCUT2D eigenvalue weighted by Gasteiger charge is 2.30. The number of nitrogens with zero attached hydrogens (tertiary/aromatic N) is 2. The van der Waals surface area contributed by atoms with Crippen molar-refractivity contribution < 1.29 is 12.9 Å². The van der Waals surface area contributed by atoms with Crippen LogP contribution < -0.4 is 10.0 Å². The molecule has 1 aromatic heterocycles. The molecule has 20 heavy (non-hydrogen) atoms. The van der Waals surface area contributed by atoms with E-state index in [9.17, 15) is 8.42 Å². The Labute approximate surface area is 118 Å². The van der Waals surface area contributed by atoms with Crippen LogP contribution in [0.15, 0.2) is 33.7 Å². The van der Waals surface area contributed by atoms with Crippen LogP contribution in [0.1, 0.15) is 18.4 Å². The summed E-state index contributed by atoms with van der Waals surface area (Å²) in [5.41, 5.74) is 7.10. The lowest BCUT2D eigenvalue weighted by Crippen LogP contribution is -2.31. The van der Waals surface area contributed by atoms with Gasteiger partial charge in [0.2, 0.25) is 0 Å². The second kappa shape index (κ2) is 5.16. The summed E-state index contributed by atoms with van der Waals surface area (Å²) in [7, 11) is -3.72. The first-order valence-corrected chi connectivity index (χ1v) is 7.63. The van der Waals surface area contributed by atoms with E-state index in [4.69, 9.17) is 10.3 Å². The number of benzene rings is 1. The molecule has 0 spiro atoms. The number of rotatable bonds is 4. The summed E-state index contributed by atoms with van der Waals surface area (Å²) >= 11 is 0. The largest absolute Gasteiger partial charge is 0.399 e. The van der Waals surface area contributed by atoms with Crippen LogP contribution in [0.4, 0.5) is 11.4 Å². The Hall–Kier alpha value is -2.02. The molecule has 1 heterocycles. The summed E-state index contributed by atoms with van der Waals surface area (Å²) in [6.07, 6.45) is 0. The Kier molecular flexibility index (Phi) is 3.71. The summed E-state index contributed by atoms with van der Waals surface area (Å²) in [4.78, 5) is 0.113. The minimum atomic E-state index is -3.72. The molecule has 0 amide bonds. The Balaban J connectivity index is 2.57. The zero-order valence-corrected chi connectivity index (χ0v) is 12.4. The van der Waals surface area contributed by atoms with Crippen molar-refractivity contribution in [1.29, 1.82) is 0 Å². The molecule has 7 heteroatoms. The van der Waals surface area contributed by atoms with Gasteiger partial charge in [0.05, 0.1) is 5.69 Å². The first-order chi connectivity index (χ1) is 9.37. The van der Waals surface area contributed by atoms with E-state index in [0.717, 1.165) is 0 Å². The molecule has 2 aromatic rings. The lowest BCUT2D eigenvalue weighted by atomic mass is 10.3. The lowest BCUT2D eigenvalue weighted by molar-refractivity contribution is 0.390. The number of hydrogen-bond donors (Lipinski definition) is 1. The topological polar surface area (TPSA) is 89.4 Å². The van der Waals surface area contributed by atoms with Crippen LogP contribution in [0.2, 0.25) is 0 Å². The summed E-state index contributed by atoms with van der Waals surface area (Å²) in [6.45, 7) is 5.24. The van der Waals surface area contributed by atoms with E-state index in [-0.39, 0.29) is 17.2 Å². The van der Waals surface area contributed by atoms with Gasteiger partial charge in [0.25, 0.3) is 10.0 Å². The van der Waals surface area contributed by atoms with E-state index >= 15 is 0 Å². The molecule has 0 radical (unpaired) electrons. The van der Waals surface area contributed by atoms with Crippen LogP contribution in [-0.2, 0) is 10.0 Å². The number of aromatic nitrogens is 1. The average Bonchev–Trinajstić information content (AvgIpc) is 2.70. The number of anilines is 2. The van der Waals surface area contributed by atoms with Crippen molar-refractivity contribution >= 4 is 21.4 Å². The van der Waals surface area contributed by atoms with Gasteiger partial charge in [0.1, 0.15) is 5.69 Å². The van der Waals surface area contributed by atoms with Gasteiger partial charge in [-0.25, -0.2) is 8.42 Å². The Morgan fingerprint density at radius 2 is 2.05 bits per heavy atom. The van der Waals surface area contributed by atoms with Crippen molar-refractivity contribution in [2.75, 3.05) is 16.6 Å². The van der Waals surface area contributed by atoms with E-state index < -0.39 is 10.0 Å². The van der Waals surface area contributed by atoms with Crippen molar-refractivity contribution in [2.24, 2.45) is 0 Å². The monoisotopic (exact) mass is 295 g/mol. The first kappa shape index (κ1) is 14.4. The number of aryl methyl sites for hydroxylation is 2. The van der Waals surface area contributed by atoms with Gasteiger partial charge < -0.3 is 10.3 Å². The molecule has 6 nitrogen and oxygen atoms in total. The Morgan fingerprint density at radius 1 is 1.35 bits per heavy atom. The fourth-order valence-corrected chi connectivity index (χ4v) is 3.89. The highest BCUT2D eigenvalue weighted by atomic mass is 32.2. The van der Waals surface area contributed by atoms with Gasteiger partial charge in [-0.3, -0.25) is 4.31 Å². The van der Waals surface area contributed by atoms with Gasteiger partial charge in [-0.15, -0.1) is 0 Å². The predicted octanol–water partition coefficient (Wildman–Crippen LogP) is 2.09. The van der Waals surface area contributed by atoms with E-state index in [1.54, 1.807) is 45.0 Å². The highest BCUT2D eigenvalue weighted by molar-refractivity contribution is 7.93. The average molecular weight is 295 g/mol. The van der Waals surface area contributed by atoms with Crippen molar-refractivity contribution in [3.05, 3.63) is 35.7 Å². The summed E-state index contributed by atoms with van der Waals surface area (Å²) in [6, 6.07) is 6.75. The van der Waals surface area contributed by atoms with Crippen molar-refractivity contribution in [3.63, 3.8) is 0 Å². The zero-order valence-electron chi connectivity index (χ0n) is 11.6. The molecule has 0 atom stereocenters. The third-order valence-electron chi connectivity index (χ3n) is 2.96. The second-order valence-electron chi connectivity index (χ2n) is 4.42. The molecule has 2 rings (SSSR count). The molecule has 0 aliphatic heterocycles. The fourth-order valence-electron chi connectivity index (χ4n) is 2.12. The maximum Gasteiger partial charge on any atom is 0.269 e. The lowest BCUT2D eigenvalue weighted by Gasteiger charge is -2.22. The Morgan fingerprint density at radius 3 is 2.55 bits per heavy atom. The normalized spacial score (nSPS) is 11.6. The molecule has 0 aliphatic carbocycles. The maximum atomic E-state index is 12.8. The SMILES string of the molecule is CCN(c1cccc(N)c1)S(=O)(=O)c1c(C)noc1C.